The van der Waals surface area contributed by atoms with E-state index in [1.165, 1.54) is 0 Å². The van der Waals surface area contributed by atoms with E-state index in [-0.39, 0.29) is 5.97 Å². The lowest BCUT2D eigenvalue weighted by Gasteiger charge is -2.16. The molecular formula is C12H15ClO2. The molecule has 0 saturated carbocycles. The number of benzene rings is 1. The van der Waals surface area contributed by atoms with Crippen molar-refractivity contribution in [3.63, 3.8) is 0 Å². The Morgan fingerprint density at radius 3 is 2.20 bits per heavy atom. The van der Waals surface area contributed by atoms with Gasteiger partial charge in [0, 0.05) is 5.88 Å². The van der Waals surface area contributed by atoms with Gasteiger partial charge >= 0.3 is 5.97 Å². The zero-order valence-corrected chi connectivity index (χ0v) is 9.97. The van der Waals surface area contributed by atoms with Gasteiger partial charge in [-0.25, -0.2) is 0 Å². The predicted molar refractivity (Wildman–Crippen MR) is 61.1 cm³/mol. The molecule has 3 heteroatoms. The average molecular weight is 227 g/mol. The van der Waals surface area contributed by atoms with Crippen LogP contribution >= 0.6 is 11.6 Å². The minimum Gasteiger partial charge on any atom is -0.426 e. The standard InChI is InChI=1S/C12H15ClO2/c1-12(2,3)11(14)15-10-6-4-9(8-13)5-7-10/h4-7H,8H2,1-3H3. The van der Waals surface area contributed by atoms with E-state index in [0.717, 1.165) is 5.56 Å². The lowest BCUT2D eigenvalue weighted by molar-refractivity contribution is -0.142. The summed E-state index contributed by atoms with van der Waals surface area (Å²) in [6, 6.07) is 7.19. The van der Waals surface area contributed by atoms with Gasteiger partial charge in [0.25, 0.3) is 0 Å². The van der Waals surface area contributed by atoms with Crippen molar-refractivity contribution in [1.29, 1.82) is 0 Å². The maximum atomic E-state index is 11.5. The smallest absolute Gasteiger partial charge is 0.316 e. The molecule has 0 aliphatic carbocycles. The highest BCUT2D eigenvalue weighted by molar-refractivity contribution is 6.17. The number of hydrogen-bond donors (Lipinski definition) is 0. The van der Waals surface area contributed by atoms with Gasteiger partial charge in [-0.1, -0.05) is 12.1 Å². The summed E-state index contributed by atoms with van der Waals surface area (Å²) in [5.41, 5.74) is 0.526. The highest BCUT2D eigenvalue weighted by Crippen LogP contribution is 2.20. The summed E-state index contributed by atoms with van der Waals surface area (Å²) in [6.45, 7) is 5.47. The third kappa shape index (κ3) is 3.56. The number of esters is 1. The number of carbonyl (C=O) groups excluding carboxylic acids is 1. The molecule has 1 aromatic carbocycles. The molecule has 0 aliphatic rings. The van der Waals surface area contributed by atoms with Crippen LogP contribution in [0.5, 0.6) is 5.75 Å². The van der Waals surface area contributed by atoms with Crippen LogP contribution in [0.25, 0.3) is 0 Å². The van der Waals surface area contributed by atoms with Crippen molar-refractivity contribution < 1.29 is 9.53 Å². The lowest BCUT2D eigenvalue weighted by Crippen LogP contribution is -2.25. The largest absolute Gasteiger partial charge is 0.426 e. The molecular weight excluding hydrogens is 212 g/mol. The van der Waals surface area contributed by atoms with Crippen molar-refractivity contribution in [3.8, 4) is 5.75 Å². The molecule has 0 unspecified atom stereocenters. The number of ether oxygens (including phenoxy) is 1. The zero-order chi connectivity index (χ0) is 11.5. The Kier molecular flexibility index (Phi) is 3.75. The first-order valence-electron chi connectivity index (χ1n) is 4.80. The lowest BCUT2D eigenvalue weighted by atomic mass is 9.97. The molecule has 0 spiro atoms. The van der Waals surface area contributed by atoms with Gasteiger partial charge in [0.15, 0.2) is 0 Å². The third-order valence-corrected chi connectivity index (χ3v) is 2.21. The molecule has 0 amide bonds. The van der Waals surface area contributed by atoms with Crippen LogP contribution in [0.3, 0.4) is 0 Å². The number of halogens is 1. The number of alkyl halides is 1. The van der Waals surface area contributed by atoms with Crippen molar-refractivity contribution in [2.45, 2.75) is 26.7 Å². The Hall–Kier alpha value is -1.02. The maximum Gasteiger partial charge on any atom is 0.316 e. The molecule has 0 bridgehead atoms. The minimum absolute atomic E-state index is 0.235. The fourth-order valence-electron chi connectivity index (χ4n) is 0.907. The fourth-order valence-corrected chi connectivity index (χ4v) is 1.08. The van der Waals surface area contributed by atoms with Crippen molar-refractivity contribution in [1.82, 2.24) is 0 Å². The van der Waals surface area contributed by atoms with E-state index in [9.17, 15) is 4.79 Å². The van der Waals surface area contributed by atoms with E-state index in [1.54, 1.807) is 12.1 Å². The summed E-state index contributed by atoms with van der Waals surface area (Å²) in [5, 5.41) is 0. The van der Waals surface area contributed by atoms with Gasteiger partial charge in [0.2, 0.25) is 0 Å². The van der Waals surface area contributed by atoms with E-state index in [2.05, 4.69) is 0 Å². The Morgan fingerprint density at radius 1 is 1.27 bits per heavy atom. The molecule has 0 fully saturated rings. The SMILES string of the molecule is CC(C)(C)C(=O)Oc1ccc(CCl)cc1. The summed E-state index contributed by atoms with van der Waals surface area (Å²) in [7, 11) is 0. The second kappa shape index (κ2) is 4.67. The summed E-state index contributed by atoms with van der Waals surface area (Å²) in [5.74, 6) is 0.790. The van der Waals surface area contributed by atoms with Gasteiger partial charge in [0.1, 0.15) is 5.75 Å². The first-order valence-corrected chi connectivity index (χ1v) is 5.34. The molecule has 15 heavy (non-hydrogen) atoms. The Labute approximate surface area is 95.2 Å². The normalized spacial score (nSPS) is 11.2. The van der Waals surface area contributed by atoms with Gasteiger partial charge in [-0.15, -0.1) is 11.6 Å². The van der Waals surface area contributed by atoms with E-state index in [4.69, 9.17) is 16.3 Å². The number of carbonyl (C=O) groups is 1. The maximum absolute atomic E-state index is 11.5. The molecule has 0 aliphatic heterocycles. The number of hydrogen-bond acceptors (Lipinski definition) is 2. The van der Waals surface area contributed by atoms with E-state index in [0.29, 0.717) is 11.6 Å². The van der Waals surface area contributed by atoms with Crippen molar-refractivity contribution in [3.05, 3.63) is 29.8 Å². The molecule has 1 rings (SSSR count). The van der Waals surface area contributed by atoms with Crippen LogP contribution in [0.1, 0.15) is 26.3 Å². The van der Waals surface area contributed by atoms with Gasteiger partial charge in [0.05, 0.1) is 5.41 Å². The van der Waals surface area contributed by atoms with E-state index >= 15 is 0 Å². The van der Waals surface area contributed by atoms with Gasteiger partial charge in [-0.05, 0) is 38.5 Å². The van der Waals surface area contributed by atoms with Crippen LogP contribution < -0.4 is 4.74 Å². The highest BCUT2D eigenvalue weighted by atomic mass is 35.5. The second-order valence-electron chi connectivity index (χ2n) is 4.42. The second-order valence-corrected chi connectivity index (χ2v) is 4.68. The average Bonchev–Trinajstić information content (AvgIpc) is 2.17. The van der Waals surface area contributed by atoms with Crippen molar-refractivity contribution in [2.75, 3.05) is 0 Å². The van der Waals surface area contributed by atoms with Gasteiger partial charge in [-0.2, -0.15) is 0 Å². The van der Waals surface area contributed by atoms with Gasteiger partial charge < -0.3 is 4.74 Å². The van der Waals surface area contributed by atoms with Gasteiger partial charge in [-0.3, -0.25) is 4.79 Å². The Bertz CT molecular complexity index is 336. The quantitative estimate of drug-likeness (QED) is 0.439. The van der Waals surface area contributed by atoms with Crippen LogP contribution in [0.15, 0.2) is 24.3 Å². The molecule has 0 radical (unpaired) electrons. The molecule has 0 N–H and O–H groups in total. The third-order valence-electron chi connectivity index (χ3n) is 1.90. The monoisotopic (exact) mass is 226 g/mol. The summed E-state index contributed by atoms with van der Waals surface area (Å²) in [6.07, 6.45) is 0. The van der Waals surface area contributed by atoms with Crippen LogP contribution in [0.2, 0.25) is 0 Å². The molecule has 1 aromatic rings. The highest BCUT2D eigenvalue weighted by Gasteiger charge is 2.23. The minimum atomic E-state index is -0.481. The molecule has 0 heterocycles. The fraction of sp³-hybridized carbons (Fsp3) is 0.417. The van der Waals surface area contributed by atoms with Crippen LogP contribution in [0, 0.1) is 5.41 Å². The predicted octanol–water partition coefficient (Wildman–Crippen LogP) is 3.38. The molecule has 0 aromatic heterocycles. The first-order chi connectivity index (χ1) is 6.93. The molecule has 82 valence electrons. The molecule has 0 saturated heterocycles. The van der Waals surface area contributed by atoms with Crippen molar-refractivity contribution >= 4 is 17.6 Å². The topological polar surface area (TPSA) is 26.3 Å². The van der Waals surface area contributed by atoms with Crippen LogP contribution in [-0.4, -0.2) is 5.97 Å². The summed E-state index contributed by atoms with van der Waals surface area (Å²) >= 11 is 5.65. The molecule has 0 atom stereocenters. The number of rotatable bonds is 2. The summed E-state index contributed by atoms with van der Waals surface area (Å²) < 4.78 is 5.20. The Balaban J connectivity index is 2.70. The van der Waals surface area contributed by atoms with Crippen LogP contribution in [-0.2, 0) is 10.7 Å². The van der Waals surface area contributed by atoms with Crippen molar-refractivity contribution in [2.24, 2.45) is 5.41 Å². The van der Waals surface area contributed by atoms with Crippen LogP contribution in [0.4, 0.5) is 0 Å². The first kappa shape index (κ1) is 12.1. The van der Waals surface area contributed by atoms with E-state index in [1.807, 2.05) is 32.9 Å². The Morgan fingerprint density at radius 2 is 1.80 bits per heavy atom. The zero-order valence-electron chi connectivity index (χ0n) is 9.21. The summed E-state index contributed by atoms with van der Waals surface area (Å²) in [4.78, 5) is 11.5. The molecule has 2 nitrogen and oxygen atoms in total. The van der Waals surface area contributed by atoms with E-state index < -0.39 is 5.41 Å².